The monoisotopic (exact) mass is 293 g/mol. The van der Waals surface area contributed by atoms with Crippen LogP contribution >= 0.6 is 0 Å². The Hall–Kier alpha value is -1.88. The van der Waals surface area contributed by atoms with Crippen molar-refractivity contribution in [2.45, 2.75) is 45.3 Å². The van der Waals surface area contributed by atoms with Crippen molar-refractivity contribution in [2.24, 2.45) is 0 Å². The molecule has 1 aromatic carbocycles. The fraction of sp³-hybridized carbons (Fsp3) is 0.500. The van der Waals surface area contributed by atoms with Crippen molar-refractivity contribution in [1.82, 2.24) is 5.32 Å². The average molecular weight is 293 g/mol. The van der Waals surface area contributed by atoms with E-state index in [1.807, 2.05) is 38.1 Å². The third kappa shape index (κ3) is 6.90. The van der Waals surface area contributed by atoms with Crippen LogP contribution in [-0.2, 0) is 27.4 Å². The van der Waals surface area contributed by atoms with Crippen molar-refractivity contribution in [3.05, 3.63) is 35.4 Å². The highest BCUT2D eigenvalue weighted by atomic mass is 16.5. The van der Waals surface area contributed by atoms with Crippen LogP contribution < -0.4 is 5.32 Å². The summed E-state index contributed by atoms with van der Waals surface area (Å²) in [6, 6.07) is 7.67. The first-order valence-electron chi connectivity index (χ1n) is 6.92. The van der Waals surface area contributed by atoms with E-state index in [2.05, 4.69) is 5.32 Å². The number of hydrogen-bond acceptors (Lipinski definition) is 3. The predicted molar refractivity (Wildman–Crippen MR) is 80.0 cm³/mol. The average Bonchev–Trinajstić information content (AvgIpc) is 2.36. The summed E-state index contributed by atoms with van der Waals surface area (Å²) in [4.78, 5) is 22.6. The minimum atomic E-state index is -0.857. The third-order valence-corrected chi connectivity index (χ3v) is 3.11. The van der Waals surface area contributed by atoms with Crippen LogP contribution in [0.4, 0.5) is 0 Å². The molecule has 0 aliphatic rings. The van der Waals surface area contributed by atoms with E-state index in [0.29, 0.717) is 13.0 Å². The molecule has 0 saturated carbocycles. The third-order valence-electron chi connectivity index (χ3n) is 3.11. The Balaban J connectivity index is 2.56. The Morgan fingerprint density at radius 2 is 1.95 bits per heavy atom. The first-order valence-corrected chi connectivity index (χ1v) is 6.92. The highest BCUT2D eigenvalue weighted by Crippen LogP contribution is 2.12. The van der Waals surface area contributed by atoms with Crippen LogP contribution in [0.5, 0.6) is 0 Å². The lowest BCUT2D eigenvalue weighted by Gasteiger charge is -2.25. The molecule has 116 valence electrons. The van der Waals surface area contributed by atoms with Crippen LogP contribution in [0, 0.1) is 0 Å². The van der Waals surface area contributed by atoms with Crippen molar-refractivity contribution in [1.29, 1.82) is 0 Å². The number of methoxy groups -OCH3 is 1. The minimum Gasteiger partial charge on any atom is -0.481 e. The Morgan fingerprint density at radius 1 is 1.29 bits per heavy atom. The van der Waals surface area contributed by atoms with Gasteiger partial charge in [-0.25, -0.2) is 0 Å². The fourth-order valence-electron chi connectivity index (χ4n) is 2.09. The maximum Gasteiger partial charge on any atom is 0.303 e. The maximum atomic E-state index is 12.1. The van der Waals surface area contributed by atoms with Gasteiger partial charge >= 0.3 is 5.97 Å². The van der Waals surface area contributed by atoms with E-state index in [-0.39, 0.29) is 18.7 Å². The second kappa shape index (κ2) is 7.78. The minimum absolute atomic E-state index is 0.0383. The van der Waals surface area contributed by atoms with Gasteiger partial charge in [0.2, 0.25) is 5.91 Å². The Labute approximate surface area is 125 Å². The smallest absolute Gasteiger partial charge is 0.303 e. The number of carboxylic acid groups (broad SMARTS) is 1. The van der Waals surface area contributed by atoms with Gasteiger partial charge in [0.25, 0.3) is 0 Å². The van der Waals surface area contributed by atoms with Gasteiger partial charge < -0.3 is 15.2 Å². The van der Waals surface area contributed by atoms with Gasteiger partial charge in [-0.15, -0.1) is 0 Å². The quantitative estimate of drug-likeness (QED) is 0.770. The number of rotatable bonds is 8. The summed E-state index contributed by atoms with van der Waals surface area (Å²) >= 11 is 0. The van der Waals surface area contributed by atoms with E-state index in [9.17, 15) is 9.59 Å². The molecule has 0 saturated heterocycles. The van der Waals surface area contributed by atoms with E-state index >= 15 is 0 Å². The molecule has 0 heterocycles. The van der Waals surface area contributed by atoms with E-state index in [4.69, 9.17) is 9.84 Å². The molecule has 5 heteroatoms. The molecule has 0 spiro atoms. The number of carboxylic acids is 1. The van der Waals surface area contributed by atoms with Gasteiger partial charge in [0.05, 0.1) is 13.0 Å². The second-order valence-electron chi connectivity index (χ2n) is 5.76. The normalized spacial score (nSPS) is 11.2. The number of ether oxygens (including phenoxy) is 1. The molecule has 0 aliphatic heterocycles. The van der Waals surface area contributed by atoms with E-state index in [1.165, 1.54) is 0 Å². The summed E-state index contributed by atoms with van der Waals surface area (Å²) in [5.41, 5.74) is 1.41. The van der Waals surface area contributed by atoms with Crippen LogP contribution in [0.15, 0.2) is 24.3 Å². The summed E-state index contributed by atoms with van der Waals surface area (Å²) in [6.07, 6.45) is 0.711. The van der Waals surface area contributed by atoms with Gasteiger partial charge in [0.1, 0.15) is 0 Å². The Morgan fingerprint density at radius 3 is 2.57 bits per heavy atom. The first-order chi connectivity index (χ1) is 9.82. The zero-order chi connectivity index (χ0) is 15.9. The molecule has 1 amide bonds. The van der Waals surface area contributed by atoms with Crippen LogP contribution in [0.1, 0.15) is 37.8 Å². The van der Waals surface area contributed by atoms with Gasteiger partial charge in [-0.05, 0) is 31.4 Å². The molecule has 1 rings (SSSR count). The Kier molecular flexibility index (Phi) is 6.37. The molecule has 1 aromatic rings. The molecule has 0 bridgehead atoms. The van der Waals surface area contributed by atoms with Crippen molar-refractivity contribution in [3.63, 3.8) is 0 Å². The molecular formula is C16H23NO4. The SMILES string of the molecule is COCc1cccc(CC(=O)NC(C)(C)CCC(=O)O)c1. The van der Waals surface area contributed by atoms with Gasteiger partial charge in [-0.3, -0.25) is 9.59 Å². The van der Waals surface area contributed by atoms with E-state index in [0.717, 1.165) is 11.1 Å². The van der Waals surface area contributed by atoms with Gasteiger partial charge in [0, 0.05) is 19.1 Å². The fourth-order valence-corrected chi connectivity index (χ4v) is 2.09. The van der Waals surface area contributed by atoms with Crippen molar-refractivity contribution < 1.29 is 19.4 Å². The van der Waals surface area contributed by atoms with Gasteiger partial charge in [-0.1, -0.05) is 24.3 Å². The number of carbonyl (C=O) groups is 2. The maximum absolute atomic E-state index is 12.1. The molecule has 2 N–H and O–H groups in total. The number of nitrogens with one attached hydrogen (secondary N) is 1. The van der Waals surface area contributed by atoms with Crippen molar-refractivity contribution in [3.8, 4) is 0 Å². The number of amides is 1. The zero-order valence-electron chi connectivity index (χ0n) is 12.8. The highest BCUT2D eigenvalue weighted by Gasteiger charge is 2.21. The highest BCUT2D eigenvalue weighted by molar-refractivity contribution is 5.79. The summed E-state index contributed by atoms with van der Waals surface area (Å²) in [5.74, 6) is -0.968. The van der Waals surface area contributed by atoms with Crippen LogP contribution in [0.2, 0.25) is 0 Å². The van der Waals surface area contributed by atoms with E-state index < -0.39 is 11.5 Å². The van der Waals surface area contributed by atoms with Gasteiger partial charge in [0.15, 0.2) is 0 Å². The lowest BCUT2D eigenvalue weighted by Crippen LogP contribution is -2.44. The van der Waals surface area contributed by atoms with Crippen LogP contribution in [0.25, 0.3) is 0 Å². The van der Waals surface area contributed by atoms with E-state index in [1.54, 1.807) is 7.11 Å². The molecule has 0 aromatic heterocycles. The summed E-state index contributed by atoms with van der Waals surface area (Å²) < 4.78 is 5.07. The largest absolute Gasteiger partial charge is 0.481 e. The molecule has 0 radical (unpaired) electrons. The van der Waals surface area contributed by atoms with Crippen molar-refractivity contribution >= 4 is 11.9 Å². The first kappa shape index (κ1) is 17.2. The summed E-state index contributed by atoms with van der Waals surface area (Å²) in [7, 11) is 1.63. The molecule has 0 aliphatic carbocycles. The molecule has 0 fully saturated rings. The molecular weight excluding hydrogens is 270 g/mol. The molecule has 5 nitrogen and oxygen atoms in total. The predicted octanol–water partition coefficient (Wildman–Crippen LogP) is 2.14. The number of benzene rings is 1. The lowest BCUT2D eigenvalue weighted by molar-refractivity contribution is -0.137. The standard InChI is InChI=1S/C16H23NO4/c1-16(2,8-7-15(19)20)17-14(18)10-12-5-4-6-13(9-12)11-21-3/h4-6,9H,7-8,10-11H2,1-3H3,(H,17,18)(H,19,20). The van der Waals surface area contributed by atoms with Crippen LogP contribution in [0.3, 0.4) is 0 Å². The van der Waals surface area contributed by atoms with Crippen molar-refractivity contribution in [2.75, 3.05) is 7.11 Å². The van der Waals surface area contributed by atoms with Crippen LogP contribution in [-0.4, -0.2) is 29.6 Å². The topological polar surface area (TPSA) is 75.6 Å². The molecule has 0 unspecified atom stereocenters. The number of hydrogen-bond donors (Lipinski definition) is 2. The van der Waals surface area contributed by atoms with Gasteiger partial charge in [-0.2, -0.15) is 0 Å². The zero-order valence-corrected chi connectivity index (χ0v) is 12.8. The second-order valence-corrected chi connectivity index (χ2v) is 5.76. The number of aliphatic carboxylic acids is 1. The summed E-state index contributed by atoms with van der Waals surface area (Å²) in [5, 5.41) is 11.6. The molecule has 0 atom stereocenters. The Bertz CT molecular complexity index is 497. The lowest BCUT2D eigenvalue weighted by atomic mass is 9.97. The summed E-state index contributed by atoms with van der Waals surface area (Å²) in [6.45, 7) is 4.17. The number of carbonyl (C=O) groups excluding carboxylic acids is 1. The molecule has 21 heavy (non-hydrogen) atoms.